The van der Waals surface area contributed by atoms with Crippen LogP contribution in [0.25, 0.3) is 0 Å². The Balaban J connectivity index is 1.60. The molecule has 4 saturated carbocycles. The van der Waals surface area contributed by atoms with E-state index in [1.54, 1.807) is 0 Å². The summed E-state index contributed by atoms with van der Waals surface area (Å²) < 4.78 is 0. The molecule has 4 aliphatic carbocycles. The summed E-state index contributed by atoms with van der Waals surface area (Å²) in [6.07, 6.45) is 9.64. The summed E-state index contributed by atoms with van der Waals surface area (Å²) in [6.45, 7) is 1.91. The van der Waals surface area contributed by atoms with E-state index in [1.165, 1.54) is 25.7 Å². The van der Waals surface area contributed by atoms with Crippen LogP contribution in [0.3, 0.4) is 0 Å². The number of carbonyl (C=O) groups is 1. The van der Waals surface area contributed by atoms with Crippen molar-refractivity contribution in [3.63, 3.8) is 0 Å². The Labute approximate surface area is 115 Å². The third-order valence-corrected chi connectivity index (χ3v) is 6.13. The van der Waals surface area contributed by atoms with Crippen LogP contribution >= 0.6 is 0 Å². The Kier molecular flexibility index (Phi) is 2.55. The largest absolute Gasteiger partial charge is 0.390 e. The molecule has 1 N–H and O–H groups in total. The summed E-state index contributed by atoms with van der Waals surface area (Å²) in [5.74, 6) is 1.61. The van der Waals surface area contributed by atoms with Crippen molar-refractivity contribution in [1.82, 2.24) is 4.90 Å². The molecule has 106 valence electrons. The number of carbonyl (C=O) groups excluding carboxylic acids is 1. The second-order valence-corrected chi connectivity index (χ2v) is 7.82. The third kappa shape index (κ3) is 1.84. The molecule has 0 unspecified atom stereocenters. The molecule has 1 heterocycles. The van der Waals surface area contributed by atoms with Gasteiger partial charge in [-0.15, -0.1) is 0 Å². The lowest BCUT2D eigenvalue weighted by molar-refractivity contribution is -0.186. The van der Waals surface area contributed by atoms with Gasteiger partial charge >= 0.3 is 0 Å². The first-order chi connectivity index (χ1) is 9.09. The highest BCUT2D eigenvalue weighted by Gasteiger charge is 2.60. The van der Waals surface area contributed by atoms with Gasteiger partial charge in [-0.05, 0) is 69.6 Å². The Bertz CT molecular complexity index is 386. The van der Waals surface area contributed by atoms with Gasteiger partial charge in [0.15, 0.2) is 0 Å². The molecule has 1 amide bonds. The summed E-state index contributed by atoms with van der Waals surface area (Å²) in [7, 11) is 0. The van der Waals surface area contributed by atoms with E-state index in [4.69, 9.17) is 0 Å². The van der Waals surface area contributed by atoms with Crippen LogP contribution in [-0.2, 0) is 4.79 Å². The molecule has 2 atom stereocenters. The maximum Gasteiger partial charge on any atom is 0.228 e. The number of rotatable bonds is 1. The molecular formula is C16H25NO2. The van der Waals surface area contributed by atoms with E-state index in [-0.39, 0.29) is 5.41 Å². The van der Waals surface area contributed by atoms with Crippen LogP contribution in [0.4, 0.5) is 0 Å². The second kappa shape index (κ2) is 3.97. The van der Waals surface area contributed by atoms with Crippen molar-refractivity contribution in [2.45, 2.75) is 63.4 Å². The molecule has 5 fully saturated rings. The molecule has 5 aliphatic rings. The van der Waals surface area contributed by atoms with Gasteiger partial charge in [-0.3, -0.25) is 4.79 Å². The number of aliphatic hydroxyl groups is 1. The van der Waals surface area contributed by atoms with Crippen molar-refractivity contribution >= 4 is 5.91 Å². The predicted molar refractivity (Wildman–Crippen MR) is 72.5 cm³/mol. The third-order valence-electron chi connectivity index (χ3n) is 6.13. The average molecular weight is 263 g/mol. The first kappa shape index (κ1) is 12.2. The zero-order chi connectivity index (χ0) is 13.1. The molecule has 0 aromatic rings. The highest BCUT2D eigenvalue weighted by atomic mass is 16.3. The highest BCUT2D eigenvalue weighted by Crippen LogP contribution is 2.62. The normalized spacial score (nSPS) is 48.6. The zero-order valence-electron chi connectivity index (χ0n) is 11.7. The average Bonchev–Trinajstić information content (AvgIpc) is 2.36. The number of likely N-dealkylation sites (tertiary alicyclic amines) is 1. The van der Waals surface area contributed by atoms with E-state index in [0.717, 1.165) is 45.2 Å². The van der Waals surface area contributed by atoms with Gasteiger partial charge in [-0.25, -0.2) is 0 Å². The molecule has 3 nitrogen and oxygen atoms in total. The van der Waals surface area contributed by atoms with Gasteiger partial charge in [0.2, 0.25) is 5.91 Å². The van der Waals surface area contributed by atoms with Crippen molar-refractivity contribution in [2.24, 2.45) is 17.3 Å². The van der Waals surface area contributed by atoms with Gasteiger partial charge in [-0.1, -0.05) is 0 Å². The van der Waals surface area contributed by atoms with Gasteiger partial charge in [0.1, 0.15) is 0 Å². The summed E-state index contributed by atoms with van der Waals surface area (Å²) in [5, 5.41) is 10.7. The van der Waals surface area contributed by atoms with Crippen molar-refractivity contribution in [2.75, 3.05) is 13.1 Å². The quantitative estimate of drug-likeness (QED) is 0.789. The fourth-order valence-electron chi connectivity index (χ4n) is 5.90. The second-order valence-electron chi connectivity index (χ2n) is 7.82. The summed E-state index contributed by atoms with van der Waals surface area (Å²) >= 11 is 0. The van der Waals surface area contributed by atoms with Crippen molar-refractivity contribution in [3.05, 3.63) is 0 Å². The van der Waals surface area contributed by atoms with Crippen LogP contribution in [0.1, 0.15) is 57.8 Å². The molecule has 0 spiro atoms. The number of nitrogens with zero attached hydrogens (tertiary/aromatic N) is 1. The minimum absolute atomic E-state index is 0.184. The van der Waals surface area contributed by atoms with Crippen LogP contribution in [0.2, 0.25) is 0 Å². The first-order valence-corrected chi connectivity index (χ1v) is 8.10. The van der Waals surface area contributed by atoms with Crippen LogP contribution in [0.15, 0.2) is 0 Å². The highest BCUT2D eigenvalue weighted by molar-refractivity contribution is 5.83. The minimum atomic E-state index is -0.504. The summed E-state index contributed by atoms with van der Waals surface area (Å²) in [5.41, 5.74) is -0.689. The number of hydrogen-bond acceptors (Lipinski definition) is 2. The van der Waals surface area contributed by atoms with E-state index in [2.05, 4.69) is 4.90 Å². The topological polar surface area (TPSA) is 40.5 Å². The first-order valence-electron chi connectivity index (χ1n) is 8.10. The fraction of sp³-hybridized carbons (Fsp3) is 0.938. The standard InChI is InChI=1S/C16H25NO2/c18-14(17-4-2-1-3-5-17)15-7-12-6-13(8-15)10-16(19,9-12)11-15/h12-13,19H,1-11H2/t12-,13-,15?,16?/m0/s1. The lowest BCUT2D eigenvalue weighted by Crippen LogP contribution is -2.61. The summed E-state index contributed by atoms with van der Waals surface area (Å²) in [4.78, 5) is 15.1. The molecule has 0 aromatic carbocycles. The van der Waals surface area contributed by atoms with E-state index in [0.29, 0.717) is 17.7 Å². The van der Waals surface area contributed by atoms with Crippen molar-refractivity contribution < 1.29 is 9.90 Å². The molecule has 3 heteroatoms. The summed E-state index contributed by atoms with van der Waals surface area (Å²) in [6, 6.07) is 0. The Morgan fingerprint density at radius 3 is 2.21 bits per heavy atom. The number of hydrogen-bond donors (Lipinski definition) is 1. The van der Waals surface area contributed by atoms with Crippen molar-refractivity contribution in [3.8, 4) is 0 Å². The monoisotopic (exact) mass is 263 g/mol. The maximum absolute atomic E-state index is 13.0. The Hall–Kier alpha value is -0.570. The minimum Gasteiger partial charge on any atom is -0.390 e. The van der Waals surface area contributed by atoms with Gasteiger partial charge in [0.25, 0.3) is 0 Å². The van der Waals surface area contributed by atoms with E-state index in [9.17, 15) is 9.90 Å². The lowest BCUT2D eigenvalue weighted by Gasteiger charge is -2.60. The van der Waals surface area contributed by atoms with Crippen molar-refractivity contribution in [1.29, 1.82) is 0 Å². The van der Waals surface area contributed by atoms with E-state index < -0.39 is 5.60 Å². The Morgan fingerprint density at radius 2 is 1.63 bits per heavy atom. The lowest BCUT2D eigenvalue weighted by atomic mass is 9.47. The number of amides is 1. The predicted octanol–water partition coefficient (Wildman–Crippen LogP) is 2.33. The molecule has 19 heavy (non-hydrogen) atoms. The molecule has 5 rings (SSSR count). The van der Waals surface area contributed by atoms with Crippen LogP contribution in [-0.4, -0.2) is 34.6 Å². The van der Waals surface area contributed by atoms with E-state index >= 15 is 0 Å². The number of piperidine rings is 1. The van der Waals surface area contributed by atoms with Crippen LogP contribution in [0.5, 0.6) is 0 Å². The van der Waals surface area contributed by atoms with Gasteiger partial charge in [0.05, 0.1) is 11.0 Å². The maximum atomic E-state index is 13.0. The van der Waals surface area contributed by atoms with Gasteiger partial charge in [0, 0.05) is 13.1 Å². The molecule has 1 aliphatic heterocycles. The van der Waals surface area contributed by atoms with Gasteiger partial charge < -0.3 is 10.0 Å². The zero-order valence-corrected chi connectivity index (χ0v) is 11.7. The van der Waals surface area contributed by atoms with Crippen LogP contribution in [0, 0.1) is 17.3 Å². The molecular weight excluding hydrogens is 238 g/mol. The molecule has 1 saturated heterocycles. The van der Waals surface area contributed by atoms with Crippen LogP contribution < -0.4 is 0 Å². The smallest absolute Gasteiger partial charge is 0.228 e. The molecule has 0 aromatic heterocycles. The van der Waals surface area contributed by atoms with Gasteiger partial charge in [-0.2, -0.15) is 0 Å². The molecule has 0 radical (unpaired) electrons. The SMILES string of the molecule is O=C(N1CCCCC1)C12C[C@@H]3C[C@H](CC(O)(C3)C1)C2. The fourth-order valence-corrected chi connectivity index (χ4v) is 5.90. The Morgan fingerprint density at radius 1 is 1.00 bits per heavy atom. The van der Waals surface area contributed by atoms with E-state index in [1.807, 2.05) is 0 Å². The molecule has 4 bridgehead atoms.